The van der Waals surface area contributed by atoms with E-state index in [0.717, 1.165) is 29.4 Å². The molecule has 13 heteroatoms. The molecule has 11 nitrogen and oxygen atoms in total. The molecule has 0 spiro atoms. The molecule has 226 valence electrons. The van der Waals surface area contributed by atoms with Crippen LogP contribution in [-0.4, -0.2) is 50.8 Å². The quantitative estimate of drug-likeness (QED) is 0.249. The number of hydrogen-bond donors (Lipinski definition) is 3. The van der Waals surface area contributed by atoms with Crippen molar-refractivity contribution >= 4 is 40.7 Å². The van der Waals surface area contributed by atoms with Gasteiger partial charge in [-0.3, -0.25) is 14.4 Å². The second kappa shape index (κ2) is 12.4. The van der Waals surface area contributed by atoms with Crippen molar-refractivity contribution in [3.8, 4) is 28.3 Å². The summed E-state index contributed by atoms with van der Waals surface area (Å²) >= 11 is 13.7. The van der Waals surface area contributed by atoms with Gasteiger partial charge in [0.05, 0.1) is 28.5 Å². The fourth-order valence-corrected chi connectivity index (χ4v) is 6.16. The number of aromatic nitrogens is 4. The van der Waals surface area contributed by atoms with Crippen LogP contribution in [0.4, 0.5) is 5.69 Å². The van der Waals surface area contributed by atoms with Crippen molar-refractivity contribution in [1.29, 1.82) is 0 Å². The normalized spacial score (nSPS) is 19.0. The average molecular weight is 635 g/mol. The molecule has 3 heterocycles. The Balaban J connectivity index is 1.21. The maximum absolute atomic E-state index is 12.8. The molecule has 4 aromatic rings. The van der Waals surface area contributed by atoms with Crippen molar-refractivity contribution < 1.29 is 14.3 Å². The average Bonchev–Trinajstić information content (AvgIpc) is 3.67. The third-order valence-electron chi connectivity index (χ3n) is 8.01. The molecule has 3 N–H and O–H groups in total. The van der Waals surface area contributed by atoms with E-state index in [1.807, 2.05) is 30.3 Å². The van der Waals surface area contributed by atoms with E-state index in [0.29, 0.717) is 63.9 Å². The van der Waals surface area contributed by atoms with Crippen molar-refractivity contribution in [2.45, 2.75) is 37.9 Å². The van der Waals surface area contributed by atoms with E-state index >= 15 is 0 Å². The van der Waals surface area contributed by atoms with Crippen LogP contribution in [0.2, 0.25) is 10.0 Å². The number of anilines is 1. The molecular weight excluding hydrogens is 605 g/mol. The highest BCUT2D eigenvalue weighted by molar-refractivity contribution is 6.39. The molecule has 2 aliphatic rings. The number of carbonyl (C=O) groups excluding carboxylic acids is 2. The molecule has 2 aromatic heterocycles. The first kappa shape index (κ1) is 29.7. The van der Waals surface area contributed by atoms with E-state index in [2.05, 4.69) is 26.0 Å². The summed E-state index contributed by atoms with van der Waals surface area (Å²) in [6.45, 7) is 0.585. The van der Waals surface area contributed by atoms with Gasteiger partial charge in [-0.2, -0.15) is 5.10 Å². The second-order valence-corrected chi connectivity index (χ2v) is 11.5. The standard InChI is InChI=1S/C31H29Cl2N7O4/c1-40-31(43)28(35-15-36-40)29(42)38-23-8-4-6-18(27(23)33)17-5-3-7-19(26(17)32)21-10-9-16(30(39-21)44-2)14-34-24-13-20(24)22-11-12-25(41)37-22/h3-10,15,20,22,24,34H,11-14H2,1-2H3,(H,37,41)(H,38,42)/t20?,22-,24?/m0/s1. The van der Waals surface area contributed by atoms with Crippen molar-refractivity contribution in [3.63, 3.8) is 0 Å². The van der Waals surface area contributed by atoms with E-state index < -0.39 is 11.5 Å². The molecule has 2 unspecified atom stereocenters. The number of carbonyl (C=O) groups is 2. The first-order valence-electron chi connectivity index (χ1n) is 14.1. The first-order valence-corrected chi connectivity index (χ1v) is 14.8. The van der Waals surface area contributed by atoms with E-state index in [1.165, 1.54) is 7.05 Å². The molecule has 6 rings (SSSR count). The van der Waals surface area contributed by atoms with Crippen LogP contribution < -0.4 is 26.2 Å². The van der Waals surface area contributed by atoms with Gasteiger partial charge in [0.25, 0.3) is 11.5 Å². The fourth-order valence-electron chi connectivity index (χ4n) is 5.56. The number of methoxy groups -OCH3 is 1. The van der Waals surface area contributed by atoms with Gasteiger partial charge in [0.2, 0.25) is 11.8 Å². The summed E-state index contributed by atoms with van der Waals surface area (Å²) < 4.78 is 6.66. The van der Waals surface area contributed by atoms with Crippen molar-refractivity contribution in [1.82, 2.24) is 30.4 Å². The maximum Gasteiger partial charge on any atom is 0.298 e. The van der Waals surface area contributed by atoms with Gasteiger partial charge < -0.3 is 20.7 Å². The molecule has 2 fully saturated rings. The van der Waals surface area contributed by atoms with Gasteiger partial charge in [0.15, 0.2) is 5.69 Å². The Kier molecular flexibility index (Phi) is 8.35. The van der Waals surface area contributed by atoms with Gasteiger partial charge >= 0.3 is 0 Å². The highest BCUT2D eigenvalue weighted by Gasteiger charge is 2.45. The Hall–Kier alpha value is -4.32. The van der Waals surface area contributed by atoms with Gasteiger partial charge in [-0.1, -0.05) is 59.6 Å². The van der Waals surface area contributed by atoms with Gasteiger partial charge in [-0.15, -0.1) is 0 Å². The summed E-state index contributed by atoms with van der Waals surface area (Å²) in [5.41, 5.74) is 2.78. The monoisotopic (exact) mass is 633 g/mol. The fraction of sp³-hybridized carbons (Fsp3) is 0.290. The second-order valence-electron chi connectivity index (χ2n) is 10.8. The molecule has 2 amide bonds. The molecule has 3 atom stereocenters. The van der Waals surface area contributed by atoms with Crippen LogP contribution in [0.15, 0.2) is 59.7 Å². The van der Waals surface area contributed by atoms with E-state index in [4.69, 9.17) is 32.9 Å². The molecule has 0 bridgehead atoms. The van der Waals surface area contributed by atoms with Crippen molar-refractivity contribution in [2.75, 3.05) is 12.4 Å². The summed E-state index contributed by atoms with van der Waals surface area (Å²) in [7, 11) is 3.01. The van der Waals surface area contributed by atoms with Crippen LogP contribution in [0.1, 0.15) is 35.3 Å². The summed E-state index contributed by atoms with van der Waals surface area (Å²) in [4.78, 5) is 45.2. The molecule has 1 aliphatic carbocycles. The maximum atomic E-state index is 12.8. The largest absolute Gasteiger partial charge is 0.481 e. The Labute approximate surface area is 263 Å². The zero-order valence-electron chi connectivity index (χ0n) is 23.9. The Bertz CT molecular complexity index is 1830. The third kappa shape index (κ3) is 5.90. The van der Waals surface area contributed by atoms with Crippen LogP contribution in [0.25, 0.3) is 22.4 Å². The van der Waals surface area contributed by atoms with Crippen LogP contribution >= 0.6 is 23.2 Å². The number of hydrogen-bond acceptors (Lipinski definition) is 8. The summed E-state index contributed by atoms with van der Waals surface area (Å²) in [5.74, 6) is 0.375. The number of ether oxygens (including phenoxy) is 1. The highest BCUT2D eigenvalue weighted by Crippen LogP contribution is 2.42. The number of halogens is 2. The number of aryl methyl sites for hydroxylation is 1. The molecule has 44 heavy (non-hydrogen) atoms. The topological polar surface area (TPSA) is 140 Å². The van der Waals surface area contributed by atoms with E-state index in [-0.39, 0.29) is 22.7 Å². The minimum atomic E-state index is -0.708. The predicted octanol–water partition coefficient (Wildman–Crippen LogP) is 4.23. The zero-order chi connectivity index (χ0) is 31.0. The third-order valence-corrected chi connectivity index (χ3v) is 8.82. The summed E-state index contributed by atoms with van der Waals surface area (Å²) in [6, 6.07) is 15.2. The van der Waals surface area contributed by atoms with Gasteiger partial charge in [-0.05, 0) is 30.9 Å². The van der Waals surface area contributed by atoms with Crippen LogP contribution in [0, 0.1) is 5.92 Å². The lowest BCUT2D eigenvalue weighted by molar-refractivity contribution is -0.119. The number of amides is 2. The molecular formula is C31H29Cl2N7O4. The van der Waals surface area contributed by atoms with E-state index in [1.54, 1.807) is 25.3 Å². The smallest absolute Gasteiger partial charge is 0.298 e. The number of nitrogens with zero attached hydrogens (tertiary/aromatic N) is 4. The van der Waals surface area contributed by atoms with Crippen LogP contribution in [-0.2, 0) is 18.4 Å². The van der Waals surface area contributed by atoms with Crippen LogP contribution in [0.5, 0.6) is 5.88 Å². The summed E-state index contributed by atoms with van der Waals surface area (Å²) in [5, 5.41) is 13.7. The molecule has 0 radical (unpaired) electrons. The highest BCUT2D eigenvalue weighted by atomic mass is 35.5. The SMILES string of the molecule is COc1nc(-c2cccc(-c3cccc(NC(=O)c4ncnn(C)c4=O)c3Cl)c2Cl)ccc1CNC1CC1[C@@H]1CCC(=O)N1. The van der Waals surface area contributed by atoms with E-state index in [9.17, 15) is 14.4 Å². The lowest BCUT2D eigenvalue weighted by Gasteiger charge is -2.15. The first-order chi connectivity index (χ1) is 21.2. The van der Waals surface area contributed by atoms with Gasteiger partial charge in [0, 0.05) is 54.4 Å². The lowest BCUT2D eigenvalue weighted by atomic mass is 10.00. The predicted molar refractivity (Wildman–Crippen MR) is 167 cm³/mol. The van der Waals surface area contributed by atoms with Crippen LogP contribution in [0.3, 0.4) is 0 Å². The van der Waals surface area contributed by atoms with Crippen molar-refractivity contribution in [3.05, 3.63) is 86.5 Å². The Morgan fingerprint density at radius 1 is 1.07 bits per heavy atom. The number of benzene rings is 2. The van der Waals surface area contributed by atoms with Gasteiger partial charge in [0.1, 0.15) is 6.33 Å². The number of rotatable bonds is 9. The minimum Gasteiger partial charge on any atom is -0.481 e. The van der Waals surface area contributed by atoms with Gasteiger partial charge in [-0.25, -0.2) is 14.6 Å². The minimum absolute atomic E-state index is 0.137. The lowest BCUT2D eigenvalue weighted by Crippen LogP contribution is -2.31. The molecule has 1 saturated heterocycles. The number of pyridine rings is 1. The Morgan fingerprint density at radius 3 is 2.57 bits per heavy atom. The molecule has 1 saturated carbocycles. The molecule has 2 aromatic carbocycles. The van der Waals surface area contributed by atoms with Crippen molar-refractivity contribution in [2.24, 2.45) is 13.0 Å². The summed E-state index contributed by atoms with van der Waals surface area (Å²) in [6.07, 6.45) is 3.67. The number of nitrogens with one attached hydrogen (secondary N) is 3. The zero-order valence-corrected chi connectivity index (χ0v) is 25.4. The molecule has 1 aliphatic heterocycles. The Morgan fingerprint density at radius 2 is 1.82 bits per heavy atom.